The number of hydrogen-bond donors (Lipinski definition) is 1. The van der Waals surface area contributed by atoms with Crippen molar-refractivity contribution >= 4 is 5.69 Å². The van der Waals surface area contributed by atoms with Crippen LogP contribution in [0.5, 0.6) is 5.75 Å². The molecule has 1 fully saturated rings. The average Bonchev–Trinajstić information content (AvgIpc) is 2.61. The van der Waals surface area contributed by atoms with Crippen LogP contribution >= 0.6 is 0 Å². The lowest BCUT2D eigenvalue weighted by Crippen LogP contribution is -2.38. The van der Waals surface area contributed by atoms with Crippen molar-refractivity contribution in [3.05, 3.63) is 20.4 Å². The molecule has 1 aromatic rings. The summed E-state index contributed by atoms with van der Waals surface area (Å²) in [4.78, 5) is 22.8. The van der Waals surface area contributed by atoms with Crippen LogP contribution in [-0.4, -0.2) is 12.6 Å². The molecule has 4 nitrogen and oxygen atoms in total. The van der Waals surface area contributed by atoms with E-state index < -0.39 is 10.9 Å². The molecule has 94 valence electrons. The summed E-state index contributed by atoms with van der Waals surface area (Å²) < 4.78 is 5.19. The Morgan fingerprint density at radius 3 is 2.35 bits per heavy atom. The smallest absolute Gasteiger partial charge is 0.272 e. The standard InChI is InChI=1S/C13H19NO3/c1-2-17-13-10(11(15)12(13)16)14-9-7-5-3-4-6-8-9/h9,14H,2-8H2,1H3. The molecule has 1 saturated carbocycles. The van der Waals surface area contributed by atoms with Gasteiger partial charge in [0.2, 0.25) is 0 Å². The Kier molecular flexibility index (Phi) is 3.82. The fraction of sp³-hybridized carbons (Fsp3) is 0.692. The molecule has 1 aromatic carbocycles. The molecule has 0 unspecified atom stereocenters. The fourth-order valence-electron chi connectivity index (χ4n) is 2.41. The van der Waals surface area contributed by atoms with Gasteiger partial charge in [0.25, 0.3) is 10.9 Å². The Morgan fingerprint density at radius 2 is 1.76 bits per heavy atom. The highest BCUT2D eigenvalue weighted by molar-refractivity contribution is 5.62. The lowest BCUT2D eigenvalue weighted by molar-refractivity contribution is 0.334. The highest BCUT2D eigenvalue weighted by Crippen LogP contribution is 2.24. The first-order chi connectivity index (χ1) is 8.24. The third-order valence-corrected chi connectivity index (χ3v) is 3.36. The van der Waals surface area contributed by atoms with Crippen molar-refractivity contribution < 1.29 is 4.74 Å². The summed E-state index contributed by atoms with van der Waals surface area (Å²) in [6.45, 7) is 2.23. The molecule has 1 aliphatic carbocycles. The van der Waals surface area contributed by atoms with E-state index >= 15 is 0 Å². The van der Waals surface area contributed by atoms with Gasteiger partial charge >= 0.3 is 0 Å². The molecule has 0 heterocycles. The molecule has 0 radical (unpaired) electrons. The van der Waals surface area contributed by atoms with Crippen molar-refractivity contribution in [1.82, 2.24) is 0 Å². The summed E-state index contributed by atoms with van der Waals surface area (Å²) in [6.07, 6.45) is 7.06. The van der Waals surface area contributed by atoms with E-state index in [0.29, 0.717) is 18.3 Å². The average molecular weight is 237 g/mol. The molecule has 0 aromatic heterocycles. The maximum absolute atomic E-state index is 11.5. The van der Waals surface area contributed by atoms with E-state index in [0.717, 1.165) is 12.8 Å². The molecule has 4 heteroatoms. The molecule has 0 amide bonds. The van der Waals surface area contributed by atoms with E-state index in [1.807, 2.05) is 6.92 Å². The zero-order valence-electron chi connectivity index (χ0n) is 10.3. The number of ether oxygens (including phenoxy) is 1. The van der Waals surface area contributed by atoms with Gasteiger partial charge in [-0.3, -0.25) is 9.59 Å². The summed E-state index contributed by atoms with van der Waals surface area (Å²) in [7, 11) is 0. The van der Waals surface area contributed by atoms with Crippen molar-refractivity contribution in [1.29, 1.82) is 0 Å². The van der Waals surface area contributed by atoms with Crippen molar-refractivity contribution in [2.75, 3.05) is 11.9 Å². The lowest BCUT2D eigenvalue weighted by Gasteiger charge is -2.20. The predicted octanol–water partition coefficient (Wildman–Crippen LogP) is 1.82. The molecule has 0 aliphatic heterocycles. The molecule has 0 spiro atoms. The summed E-state index contributed by atoms with van der Waals surface area (Å²) in [5.74, 6) is 0.238. The highest BCUT2D eigenvalue weighted by atomic mass is 16.5. The van der Waals surface area contributed by atoms with Crippen LogP contribution in [0.2, 0.25) is 0 Å². The summed E-state index contributed by atoms with van der Waals surface area (Å²) >= 11 is 0. The van der Waals surface area contributed by atoms with Crippen molar-refractivity contribution in [3.63, 3.8) is 0 Å². The van der Waals surface area contributed by atoms with Gasteiger partial charge in [-0.2, -0.15) is 0 Å². The largest absolute Gasteiger partial charge is 0.488 e. The van der Waals surface area contributed by atoms with Gasteiger partial charge in [0.1, 0.15) is 5.69 Å². The van der Waals surface area contributed by atoms with Crippen LogP contribution in [-0.2, 0) is 0 Å². The predicted molar refractivity (Wildman–Crippen MR) is 67.6 cm³/mol. The third kappa shape index (κ3) is 2.51. The topological polar surface area (TPSA) is 55.4 Å². The molecule has 2 rings (SSSR count). The van der Waals surface area contributed by atoms with E-state index in [2.05, 4.69) is 5.32 Å². The van der Waals surface area contributed by atoms with Crippen LogP contribution in [0.1, 0.15) is 45.4 Å². The van der Waals surface area contributed by atoms with Gasteiger partial charge in [0.15, 0.2) is 5.75 Å². The van der Waals surface area contributed by atoms with E-state index in [-0.39, 0.29) is 5.75 Å². The molecule has 0 bridgehead atoms. The van der Waals surface area contributed by atoms with Crippen molar-refractivity contribution in [3.8, 4) is 5.75 Å². The number of anilines is 1. The van der Waals surface area contributed by atoms with E-state index in [1.165, 1.54) is 25.7 Å². The van der Waals surface area contributed by atoms with Gasteiger partial charge in [-0.1, -0.05) is 25.7 Å². The van der Waals surface area contributed by atoms with Crippen molar-refractivity contribution in [2.24, 2.45) is 0 Å². The molecule has 0 atom stereocenters. The van der Waals surface area contributed by atoms with E-state index in [1.54, 1.807) is 0 Å². The second kappa shape index (κ2) is 5.34. The molecule has 17 heavy (non-hydrogen) atoms. The van der Waals surface area contributed by atoms with Crippen molar-refractivity contribution in [2.45, 2.75) is 51.5 Å². The molecule has 1 aliphatic rings. The fourth-order valence-corrected chi connectivity index (χ4v) is 2.41. The number of hydrogen-bond acceptors (Lipinski definition) is 4. The maximum atomic E-state index is 11.5. The number of nitrogens with one attached hydrogen (secondary N) is 1. The first-order valence-corrected chi connectivity index (χ1v) is 6.46. The van der Waals surface area contributed by atoms with Gasteiger partial charge in [-0.15, -0.1) is 0 Å². The Bertz CT molecular complexity index is 437. The minimum absolute atomic E-state index is 0.238. The zero-order valence-corrected chi connectivity index (χ0v) is 10.3. The van der Waals surface area contributed by atoms with Crippen LogP contribution in [0.25, 0.3) is 0 Å². The first-order valence-electron chi connectivity index (χ1n) is 6.46. The van der Waals surface area contributed by atoms with Crippen LogP contribution in [0.4, 0.5) is 5.69 Å². The summed E-state index contributed by atoms with van der Waals surface area (Å²) in [5, 5.41) is 3.19. The monoisotopic (exact) mass is 237 g/mol. The second-order valence-corrected chi connectivity index (χ2v) is 4.63. The Labute approximate surface area is 101 Å². The van der Waals surface area contributed by atoms with E-state index in [4.69, 9.17) is 4.74 Å². The number of rotatable bonds is 4. The SMILES string of the molecule is CCOc1c(NC2CCCCCC2)c(=O)c1=O. The molecule has 1 N–H and O–H groups in total. The lowest BCUT2D eigenvalue weighted by atomic mass is 10.1. The van der Waals surface area contributed by atoms with E-state index in [9.17, 15) is 9.59 Å². The second-order valence-electron chi connectivity index (χ2n) is 4.63. The quantitative estimate of drug-likeness (QED) is 0.641. The van der Waals surface area contributed by atoms with Crippen LogP contribution in [0, 0.1) is 0 Å². The maximum Gasteiger partial charge on any atom is 0.272 e. The first kappa shape index (κ1) is 12.1. The molecular weight excluding hydrogens is 218 g/mol. The highest BCUT2D eigenvalue weighted by Gasteiger charge is 2.24. The van der Waals surface area contributed by atoms with Gasteiger partial charge in [-0.25, -0.2) is 0 Å². The Morgan fingerprint density at radius 1 is 1.12 bits per heavy atom. The molecular formula is C13H19NO3. The van der Waals surface area contributed by atoms with Gasteiger partial charge < -0.3 is 10.1 Å². The minimum atomic E-state index is -0.483. The third-order valence-electron chi connectivity index (χ3n) is 3.36. The minimum Gasteiger partial charge on any atom is -0.488 e. The normalized spacial score (nSPS) is 17.9. The Balaban J connectivity index is 2.05. The molecule has 0 saturated heterocycles. The van der Waals surface area contributed by atoms with Crippen LogP contribution in [0.15, 0.2) is 9.59 Å². The van der Waals surface area contributed by atoms with Gasteiger partial charge in [0, 0.05) is 6.04 Å². The summed E-state index contributed by atoms with van der Waals surface area (Å²) in [6, 6.07) is 0.319. The zero-order chi connectivity index (χ0) is 12.3. The Hall–Kier alpha value is -1.32. The van der Waals surface area contributed by atoms with Gasteiger partial charge in [0.05, 0.1) is 6.61 Å². The van der Waals surface area contributed by atoms with Crippen LogP contribution < -0.4 is 20.9 Å². The van der Waals surface area contributed by atoms with Crippen LogP contribution in [0.3, 0.4) is 0 Å². The summed E-state index contributed by atoms with van der Waals surface area (Å²) in [5.41, 5.74) is -0.496. The van der Waals surface area contributed by atoms with Gasteiger partial charge in [-0.05, 0) is 19.8 Å².